The maximum atomic E-state index is 12.5. The average molecular weight is 341 g/mol. The molecule has 128 valence electrons. The molecule has 1 aliphatic heterocycles. The number of amides is 1. The van der Waals surface area contributed by atoms with Gasteiger partial charge in [-0.3, -0.25) is 9.69 Å². The zero-order chi connectivity index (χ0) is 16.8. The Kier molecular flexibility index (Phi) is 6.69. The van der Waals surface area contributed by atoms with Gasteiger partial charge in [0, 0.05) is 42.8 Å². The third kappa shape index (κ3) is 4.59. The predicted molar refractivity (Wildman–Crippen MR) is 91.0 cm³/mol. The second kappa shape index (κ2) is 8.52. The van der Waals surface area contributed by atoms with Crippen molar-refractivity contribution in [2.45, 2.75) is 25.8 Å². The highest BCUT2D eigenvalue weighted by Crippen LogP contribution is 2.23. The number of nitrogens with zero attached hydrogens (tertiary/aromatic N) is 2. The van der Waals surface area contributed by atoms with Gasteiger partial charge >= 0.3 is 0 Å². The maximum Gasteiger partial charge on any atom is 0.227 e. The van der Waals surface area contributed by atoms with Crippen LogP contribution in [-0.2, 0) is 11.2 Å². The number of halogens is 1. The van der Waals surface area contributed by atoms with Crippen LogP contribution >= 0.6 is 11.6 Å². The molecule has 0 radical (unpaired) electrons. The lowest BCUT2D eigenvalue weighted by Crippen LogP contribution is -2.53. The summed E-state index contributed by atoms with van der Waals surface area (Å²) in [4.78, 5) is 16.7. The molecule has 6 heteroatoms. The smallest absolute Gasteiger partial charge is 0.227 e. The molecule has 1 N–H and O–H groups in total. The van der Waals surface area contributed by atoms with Crippen molar-refractivity contribution in [2.75, 3.05) is 39.9 Å². The quantitative estimate of drug-likeness (QED) is 0.858. The van der Waals surface area contributed by atoms with E-state index in [9.17, 15) is 9.90 Å². The number of aliphatic hydroxyl groups excluding tert-OH is 1. The third-order valence-electron chi connectivity index (χ3n) is 4.45. The molecule has 1 saturated heterocycles. The van der Waals surface area contributed by atoms with Crippen molar-refractivity contribution in [3.05, 3.63) is 28.8 Å². The third-order valence-corrected chi connectivity index (χ3v) is 4.68. The number of hydrogen-bond acceptors (Lipinski definition) is 4. The number of piperazine rings is 1. The van der Waals surface area contributed by atoms with Gasteiger partial charge in [-0.15, -0.1) is 0 Å². The summed E-state index contributed by atoms with van der Waals surface area (Å²) in [6.07, 6.45) is 1.21. The summed E-state index contributed by atoms with van der Waals surface area (Å²) in [5.74, 6) is 0.773. The Morgan fingerprint density at radius 3 is 2.61 bits per heavy atom. The summed E-state index contributed by atoms with van der Waals surface area (Å²) < 4.78 is 5.30. The number of carbonyl (C=O) groups excluding carboxylic acids is 1. The van der Waals surface area contributed by atoms with E-state index in [-0.39, 0.29) is 18.6 Å². The van der Waals surface area contributed by atoms with Gasteiger partial charge in [-0.05, 0) is 24.6 Å². The van der Waals surface area contributed by atoms with Gasteiger partial charge in [0.1, 0.15) is 5.75 Å². The van der Waals surface area contributed by atoms with Gasteiger partial charge in [-0.1, -0.05) is 18.5 Å². The first-order valence-electron chi connectivity index (χ1n) is 8.04. The molecular weight excluding hydrogens is 316 g/mol. The first-order chi connectivity index (χ1) is 11.1. The molecule has 1 atom stereocenters. The van der Waals surface area contributed by atoms with Gasteiger partial charge in [0.25, 0.3) is 0 Å². The average Bonchev–Trinajstić information content (AvgIpc) is 2.57. The Bertz CT molecular complexity index is 527. The lowest BCUT2D eigenvalue weighted by atomic mass is 10.1. The fourth-order valence-corrected chi connectivity index (χ4v) is 3.19. The molecule has 1 heterocycles. The van der Waals surface area contributed by atoms with Crippen molar-refractivity contribution in [2.24, 2.45) is 0 Å². The van der Waals surface area contributed by atoms with Crippen molar-refractivity contribution in [1.82, 2.24) is 9.80 Å². The van der Waals surface area contributed by atoms with Crippen LogP contribution in [0.25, 0.3) is 0 Å². The van der Waals surface area contributed by atoms with Crippen LogP contribution in [0.15, 0.2) is 18.2 Å². The number of methoxy groups -OCH3 is 1. The largest absolute Gasteiger partial charge is 0.496 e. The van der Waals surface area contributed by atoms with E-state index in [0.29, 0.717) is 30.3 Å². The van der Waals surface area contributed by atoms with Crippen LogP contribution in [0.3, 0.4) is 0 Å². The summed E-state index contributed by atoms with van der Waals surface area (Å²) in [6, 6.07) is 5.52. The number of aliphatic hydroxyl groups is 1. The molecule has 2 rings (SSSR count). The van der Waals surface area contributed by atoms with Crippen LogP contribution in [0, 0.1) is 0 Å². The Morgan fingerprint density at radius 2 is 2.04 bits per heavy atom. The van der Waals surface area contributed by atoms with Crippen molar-refractivity contribution < 1.29 is 14.6 Å². The summed E-state index contributed by atoms with van der Waals surface area (Å²) in [5, 5.41) is 9.99. The molecular formula is C17H25ClN2O3. The summed E-state index contributed by atoms with van der Waals surface area (Å²) >= 11 is 6.02. The van der Waals surface area contributed by atoms with Crippen LogP contribution < -0.4 is 4.74 Å². The molecule has 1 aliphatic rings. The minimum absolute atomic E-state index is 0.0854. The van der Waals surface area contributed by atoms with Crippen molar-refractivity contribution in [1.29, 1.82) is 0 Å². The van der Waals surface area contributed by atoms with Crippen molar-refractivity contribution >= 4 is 17.5 Å². The summed E-state index contributed by atoms with van der Waals surface area (Å²) in [5.41, 5.74) is 0.814. The number of carbonyl (C=O) groups is 1. The van der Waals surface area contributed by atoms with Crippen LogP contribution in [0.2, 0.25) is 5.02 Å². The molecule has 0 bridgehead atoms. The number of rotatable bonds is 6. The van der Waals surface area contributed by atoms with Crippen LogP contribution in [0.1, 0.15) is 18.9 Å². The molecule has 0 aromatic heterocycles. The highest BCUT2D eigenvalue weighted by molar-refractivity contribution is 6.30. The maximum absolute atomic E-state index is 12.5. The monoisotopic (exact) mass is 340 g/mol. The van der Waals surface area contributed by atoms with Crippen LogP contribution in [-0.4, -0.2) is 66.8 Å². The topological polar surface area (TPSA) is 53.0 Å². The van der Waals surface area contributed by atoms with E-state index in [0.717, 1.165) is 25.1 Å². The van der Waals surface area contributed by atoms with Gasteiger partial charge < -0.3 is 14.7 Å². The van der Waals surface area contributed by atoms with Crippen LogP contribution in [0.5, 0.6) is 5.75 Å². The van der Waals surface area contributed by atoms with E-state index in [1.807, 2.05) is 4.90 Å². The fourth-order valence-electron chi connectivity index (χ4n) is 3.00. The number of ether oxygens (including phenoxy) is 1. The van der Waals surface area contributed by atoms with Gasteiger partial charge in [0.05, 0.1) is 20.1 Å². The van der Waals surface area contributed by atoms with Crippen molar-refractivity contribution in [3.8, 4) is 5.75 Å². The van der Waals surface area contributed by atoms with Gasteiger partial charge in [0.2, 0.25) is 5.91 Å². The molecule has 0 saturated carbocycles. The van der Waals surface area contributed by atoms with E-state index in [1.54, 1.807) is 25.3 Å². The second-order valence-electron chi connectivity index (χ2n) is 5.79. The molecule has 5 nitrogen and oxygen atoms in total. The number of benzene rings is 1. The molecule has 1 aromatic carbocycles. The molecule has 0 aliphatic carbocycles. The fraction of sp³-hybridized carbons (Fsp3) is 0.588. The minimum atomic E-state index is 0.0854. The summed E-state index contributed by atoms with van der Waals surface area (Å²) in [6.45, 7) is 5.24. The van der Waals surface area contributed by atoms with Gasteiger partial charge in [0.15, 0.2) is 0 Å². The first kappa shape index (κ1) is 18.0. The molecule has 0 spiro atoms. The Hall–Kier alpha value is -1.30. The Labute approximate surface area is 142 Å². The standard InChI is InChI=1S/C17H25ClN2O3/c1-3-15(12-21)19-6-8-20(9-7-19)17(22)11-13-10-14(18)4-5-16(13)23-2/h4-5,10,15,21H,3,6-9,11-12H2,1-2H3. The highest BCUT2D eigenvalue weighted by atomic mass is 35.5. The normalized spacial score (nSPS) is 17.1. The molecule has 1 aromatic rings. The zero-order valence-corrected chi connectivity index (χ0v) is 14.6. The second-order valence-corrected chi connectivity index (χ2v) is 6.23. The molecule has 1 unspecified atom stereocenters. The molecule has 1 amide bonds. The zero-order valence-electron chi connectivity index (χ0n) is 13.8. The Balaban J connectivity index is 1.94. The molecule has 1 fully saturated rings. The predicted octanol–water partition coefficient (Wildman–Crippen LogP) is 1.81. The minimum Gasteiger partial charge on any atom is -0.496 e. The van der Waals surface area contributed by atoms with E-state index in [4.69, 9.17) is 16.3 Å². The Morgan fingerprint density at radius 1 is 1.35 bits per heavy atom. The summed E-state index contributed by atoms with van der Waals surface area (Å²) in [7, 11) is 1.59. The highest BCUT2D eigenvalue weighted by Gasteiger charge is 2.25. The van der Waals surface area contributed by atoms with Gasteiger partial charge in [-0.2, -0.15) is 0 Å². The number of hydrogen-bond donors (Lipinski definition) is 1. The molecule has 23 heavy (non-hydrogen) atoms. The lowest BCUT2D eigenvalue weighted by molar-refractivity contribution is -0.132. The van der Waals surface area contributed by atoms with E-state index >= 15 is 0 Å². The van der Waals surface area contributed by atoms with E-state index in [1.165, 1.54) is 0 Å². The van der Waals surface area contributed by atoms with Crippen LogP contribution in [0.4, 0.5) is 0 Å². The lowest BCUT2D eigenvalue weighted by Gasteiger charge is -2.38. The first-order valence-corrected chi connectivity index (χ1v) is 8.42. The van der Waals surface area contributed by atoms with Gasteiger partial charge in [-0.25, -0.2) is 0 Å². The SMILES string of the molecule is CCC(CO)N1CCN(C(=O)Cc2cc(Cl)ccc2OC)CC1. The van der Waals surface area contributed by atoms with E-state index in [2.05, 4.69) is 11.8 Å². The van der Waals surface area contributed by atoms with E-state index < -0.39 is 0 Å². The van der Waals surface area contributed by atoms with Crippen molar-refractivity contribution in [3.63, 3.8) is 0 Å².